The smallest absolute Gasteiger partial charge is 0.269 e. The van der Waals surface area contributed by atoms with Crippen molar-refractivity contribution in [3.63, 3.8) is 0 Å². The molecule has 1 aromatic carbocycles. The zero-order valence-corrected chi connectivity index (χ0v) is 13.1. The van der Waals surface area contributed by atoms with E-state index in [0.29, 0.717) is 22.7 Å². The van der Waals surface area contributed by atoms with Crippen LogP contribution < -0.4 is 10.1 Å². The number of ether oxygens (including phenoxy) is 1. The fourth-order valence-electron chi connectivity index (χ4n) is 2.97. The Bertz CT molecular complexity index is 693. The predicted molar refractivity (Wildman–Crippen MR) is 84.9 cm³/mol. The Hall–Kier alpha value is -2.37. The molecule has 23 heavy (non-hydrogen) atoms. The summed E-state index contributed by atoms with van der Waals surface area (Å²) in [5, 5.41) is 9.87. The van der Waals surface area contributed by atoms with E-state index < -0.39 is 0 Å². The van der Waals surface area contributed by atoms with Crippen LogP contribution in [-0.2, 0) is 0 Å². The molecule has 1 heterocycles. The highest BCUT2D eigenvalue weighted by Crippen LogP contribution is 2.29. The van der Waals surface area contributed by atoms with Crippen molar-refractivity contribution in [1.29, 1.82) is 0 Å². The van der Waals surface area contributed by atoms with Crippen LogP contribution in [0, 0.1) is 5.82 Å². The van der Waals surface area contributed by atoms with Gasteiger partial charge in [-0.3, -0.25) is 9.89 Å². The SMILES string of the molecule is COc1ccc(F)cc1-c1cc(C(=O)NC2CCCCC2)[nH]n1. The number of hydrogen-bond donors (Lipinski definition) is 2. The van der Waals surface area contributed by atoms with Crippen molar-refractivity contribution in [3.8, 4) is 17.0 Å². The fraction of sp³-hybridized carbons (Fsp3) is 0.412. The molecule has 122 valence electrons. The van der Waals surface area contributed by atoms with Gasteiger partial charge in [-0.2, -0.15) is 5.10 Å². The summed E-state index contributed by atoms with van der Waals surface area (Å²) in [6, 6.07) is 6.06. The first-order valence-electron chi connectivity index (χ1n) is 7.87. The number of benzene rings is 1. The van der Waals surface area contributed by atoms with Crippen LogP contribution in [0.1, 0.15) is 42.6 Å². The highest BCUT2D eigenvalue weighted by Gasteiger charge is 2.19. The van der Waals surface area contributed by atoms with Gasteiger partial charge in [0.05, 0.1) is 12.8 Å². The van der Waals surface area contributed by atoms with Gasteiger partial charge in [-0.1, -0.05) is 19.3 Å². The van der Waals surface area contributed by atoms with Crippen LogP contribution in [0.4, 0.5) is 4.39 Å². The third kappa shape index (κ3) is 3.52. The summed E-state index contributed by atoms with van der Waals surface area (Å²) < 4.78 is 18.7. The molecule has 0 spiro atoms. The summed E-state index contributed by atoms with van der Waals surface area (Å²) in [6.45, 7) is 0. The minimum absolute atomic E-state index is 0.175. The van der Waals surface area contributed by atoms with E-state index in [1.807, 2.05) is 0 Å². The molecular formula is C17H20FN3O2. The van der Waals surface area contributed by atoms with Crippen molar-refractivity contribution in [2.45, 2.75) is 38.1 Å². The number of methoxy groups -OCH3 is 1. The van der Waals surface area contributed by atoms with E-state index in [1.54, 1.807) is 12.1 Å². The minimum atomic E-state index is -0.378. The van der Waals surface area contributed by atoms with E-state index in [-0.39, 0.29) is 17.8 Å². The van der Waals surface area contributed by atoms with Gasteiger partial charge in [-0.05, 0) is 37.1 Å². The van der Waals surface area contributed by atoms with Gasteiger partial charge in [0.15, 0.2) is 0 Å². The molecule has 0 saturated heterocycles. The van der Waals surface area contributed by atoms with Crippen LogP contribution in [0.2, 0.25) is 0 Å². The van der Waals surface area contributed by atoms with Crippen LogP contribution in [0.5, 0.6) is 5.75 Å². The highest BCUT2D eigenvalue weighted by atomic mass is 19.1. The number of H-pyrrole nitrogens is 1. The first-order valence-corrected chi connectivity index (χ1v) is 7.87. The number of hydrogen-bond acceptors (Lipinski definition) is 3. The summed E-state index contributed by atoms with van der Waals surface area (Å²) in [4.78, 5) is 12.3. The molecule has 1 fully saturated rings. The molecule has 0 atom stereocenters. The van der Waals surface area contributed by atoms with Gasteiger partial charge >= 0.3 is 0 Å². The number of halogens is 1. The lowest BCUT2D eigenvalue weighted by Crippen LogP contribution is -2.36. The van der Waals surface area contributed by atoms with Crippen molar-refractivity contribution >= 4 is 5.91 Å². The van der Waals surface area contributed by atoms with Crippen LogP contribution in [0.25, 0.3) is 11.3 Å². The predicted octanol–water partition coefficient (Wildman–Crippen LogP) is 3.29. The summed E-state index contributed by atoms with van der Waals surface area (Å²) in [7, 11) is 1.51. The van der Waals surface area contributed by atoms with E-state index in [9.17, 15) is 9.18 Å². The second-order valence-electron chi connectivity index (χ2n) is 5.82. The molecule has 0 bridgehead atoms. The standard InChI is InChI=1S/C17H20FN3O2/c1-23-16-8-7-11(18)9-13(16)14-10-15(21-20-14)17(22)19-12-5-3-2-4-6-12/h7-10,12H,2-6H2,1H3,(H,19,22)(H,20,21). The lowest BCUT2D eigenvalue weighted by Gasteiger charge is -2.22. The van der Waals surface area contributed by atoms with Gasteiger partial charge in [0, 0.05) is 11.6 Å². The number of rotatable bonds is 4. The van der Waals surface area contributed by atoms with Crippen LogP contribution in [-0.4, -0.2) is 29.3 Å². The molecule has 0 unspecified atom stereocenters. The number of nitrogens with zero attached hydrogens (tertiary/aromatic N) is 1. The van der Waals surface area contributed by atoms with Crippen LogP contribution in [0.15, 0.2) is 24.3 Å². The number of amides is 1. The Kier molecular flexibility index (Phi) is 4.60. The Morgan fingerprint density at radius 2 is 2.09 bits per heavy atom. The molecule has 3 rings (SSSR count). The summed E-state index contributed by atoms with van der Waals surface area (Å²) in [6.07, 6.45) is 5.58. The third-order valence-corrected chi connectivity index (χ3v) is 4.20. The quantitative estimate of drug-likeness (QED) is 0.909. The minimum Gasteiger partial charge on any atom is -0.496 e. The highest BCUT2D eigenvalue weighted by molar-refractivity contribution is 5.93. The van der Waals surface area contributed by atoms with E-state index in [2.05, 4.69) is 15.5 Å². The van der Waals surface area contributed by atoms with Crippen molar-refractivity contribution in [1.82, 2.24) is 15.5 Å². The number of aromatic nitrogens is 2. The van der Waals surface area contributed by atoms with Crippen LogP contribution >= 0.6 is 0 Å². The first-order chi connectivity index (χ1) is 11.2. The maximum absolute atomic E-state index is 13.5. The second-order valence-corrected chi connectivity index (χ2v) is 5.82. The average Bonchev–Trinajstić information content (AvgIpc) is 3.06. The van der Waals surface area contributed by atoms with E-state index >= 15 is 0 Å². The van der Waals surface area contributed by atoms with Gasteiger partial charge in [0.2, 0.25) is 0 Å². The molecule has 1 amide bonds. The lowest BCUT2D eigenvalue weighted by molar-refractivity contribution is 0.0922. The lowest BCUT2D eigenvalue weighted by atomic mass is 9.95. The Balaban J connectivity index is 1.77. The maximum atomic E-state index is 13.5. The monoisotopic (exact) mass is 317 g/mol. The van der Waals surface area contributed by atoms with Gasteiger partial charge in [0.25, 0.3) is 5.91 Å². The van der Waals surface area contributed by atoms with Crippen molar-refractivity contribution < 1.29 is 13.9 Å². The molecule has 2 aromatic rings. The summed E-state index contributed by atoms with van der Waals surface area (Å²) >= 11 is 0. The normalized spacial score (nSPS) is 15.4. The Labute approximate surface area is 134 Å². The van der Waals surface area contributed by atoms with Gasteiger partial charge in [-0.25, -0.2) is 4.39 Å². The number of carbonyl (C=O) groups is 1. The number of carbonyl (C=O) groups excluding carboxylic acids is 1. The van der Waals surface area contributed by atoms with Gasteiger partial charge < -0.3 is 10.1 Å². The first kappa shape index (κ1) is 15.5. The number of nitrogens with one attached hydrogen (secondary N) is 2. The average molecular weight is 317 g/mol. The van der Waals surface area contributed by atoms with Crippen molar-refractivity contribution in [3.05, 3.63) is 35.8 Å². The molecule has 1 aliphatic rings. The van der Waals surface area contributed by atoms with E-state index in [0.717, 1.165) is 25.7 Å². The van der Waals surface area contributed by atoms with Gasteiger partial charge in [0.1, 0.15) is 17.3 Å². The van der Waals surface area contributed by atoms with Crippen molar-refractivity contribution in [2.24, 2.45) is 0 Å². The topological polar surface area (TPSA) is 67.0 Å². The molecule has 1 saturated carbocycles. The van der Waals surface area contributed by atoms with Crippen LogP contribution in [0.3, 0.4) is 0 Å². The molecule has 0 aliphatic heterocycles. The summed E-state index contributed by atoms with van der Waals surface area (Å²) in [5.41, 5.74) is 1.37. The van der Waals surface area contributed by atoms with E-state index in [1.165, 1.54) is 25.7 Å². The summed E-state index contributed by atoms with van der Waals surface area (Å²) in [5.74, 6) is -0.0415. The number of aromatic amines is 1. The molecule has 1 aromatic heterocycles. The molecular weight excluding hydrogens is 297 g/mol. The zero-order chi connectivity index (χ0) is 16.2. The van der Waals surface area contributed by atoms with Crippen molar-refractivity contribution in [2.75, 3.05) is 7.11 Å². The molecule has 5 nitrogen and oxygen atoms in total. The Morgan fingerprint density at radius 1 is 1.30 bits per heavy atom. The largest absolute Gasteiger partial charge is 0.496 e. The van der Waals surface area contributed by atoms with Gasteiger partial charge in [-0.15, -0.1) is 0 Å². The zero-order valence-electron chi connectivity index (χ0n) is 13.1. The second kappa shape index (κ2) is 6.81. The fourth-order valence-corrected chi connectivity index (χ4v) is 2.97. The third-order valence-electron chi connectivity index (χ3n) is 4.20. The molecule has 1 aliphatic carbocycles. The molecule has 0 radical (unpaired) electrons. The maximum Gasteiger partial charge on any atom is 0.269 e. The molecule has 6 heteroatoms. The Morgan fingerprint density at radius 3 is 2.83 bits per heavy atom. The van der Waals surface area contributed by atoms with E-state index in [4.69, 9.17) is 4.74 Å². The molecule has 2 N–H and O–H groups in total.